The summed E-state index contributed by atoms with van der Waals surface area (Å²) in [5.41, 5.74) is -0.477. The number of hydrogen-bond donors (Lipinski definition) is 0. The van der Waals surface area contributed by atoms with Crippen molar-refractivity contribution in [3.63, 3.8) is 0 Å². The molecule has 98 valence electrons. The lowest BCUT2D eigenvalue weighted by Crippen LogP contribution is -2.15. The van der Waals surface area contributed by atoms with Gasteiger partial charge in [-0.1, -0.05) is 0 Å². The molecule has 0 atom stereocenters. The first-order valence-corrected chi connectivity index (χ1v) is 4.98. The van der Waals surface area contributed by atoms with Gasteiger partial charge in [0.05, 0.1) is 27.0 Å². The predicted octanol–water partition coefficient (Wildman–Crippen LogP) is 0.461. The Kier molecular flexibility index (Phi) is 4.41. The van der Waals surface area contributed by atoms with E-state index in [2.05, 4.69) is 19.3 Å². The number of hydrogen-bond acceptors (Lipinski definition) is 7. The van der Waals surface area contributed by atoms with Gasteiger partial charge in [0.15, 0.2) is 5.69 Å². The monoisotopic (exact) mass is 256 g/mol. The van der Waals surface area contributed by atoms with E-state index in [-0.39, 0.29) is 17.9 Å². The van der Waals surface area contributed by atoms with Gasteiger partial charge in [-0.2, -0.15) is 9.78 Å². The van der Waals surface area contributed by atoms with Crippen molar-refractivity contribution in [2.24, 2.45) is 0 Å². The molecular formula is C10H12N2O6. The third kappa shape index (κ3) is 2.65. The summed E-state index contributed by atoms with van der Waals surface area (Å²) in [4.78, 5) is 34.2. The van der Waals surface area contributed by atoms with Crippen LogP contribution in [0.3, 0.4) is 0 Å². The Hall–Kier alpha value is -2.38. The van der Waals surface area contributed by atoms with Crippen LogP contribution in [0.25, 0.3) is 0 Å². The molecule has 8 heteroatoms. The molecule has 1 aromatic heterocycles. The fourth-order valence-corrected chi connectivity index (χ4v) is 1.16. The van der Waals surface area contributed by atoms with Crippen molar-refractivity contribution in [1.82, 2.24) is 9.78 Å². The minimum atomic E-state index is -0.849. The van der Waals surface area contributed by atoms with Gasteiger partial charge in [-0.05, 0) is 6.92 Å². The van der Waals surface area contributed by atoms with Crippen LogP contribution in [0, 0.1) is 0 Å². The average molecular weight is 256 g/mol. The lowest BCUT2D eigenvalue weighted by atomic mass is 10.2. The number of nitrogens with zero attached hydrogens (tertiary/aromatic N) is 2. The second kappa shape index (κ2) is 5.80. The molecule has 0 bridgehead atoms. The average Bonchev–Trinajstić information content (AvgIpc) is 2.82. The first-order valence-electron chi connectivity index (χ1n) is 4.98. The Balaban J connectivity index is 3.19. The summed E-state index contributed by atoms with van der Waals surface area (Å²) in [6.07, 6.45) is 0.244. The van der Waals surface area contributed by atoms with Crippen molar-refractivity contribution >= 4 is 18.0 Å². The van der Waals surface area contributed by atoms with Crippen LogP contribution in [-0.4, -0.2) is 48.6 Å². The van der Waals surface area contributed by atoms with Crippen LogP contribution in [0.1, 0.15) is 27.8 Å². The van der Waals surface area contributed by atoms with Crippen molar-refractivity contribution in [3.8, 4) is 0 Å². The van der Waals surface area contributed by atoms with Gasteiger partial charge in [0, 0.05) is 0 Å². The summed E-state index contributed by atoms with van der Waals surface area (Å²) in [7, 11) is 2.28. The molecule has 0 saturated heterocycles. The quantitative estimate of drug-likeness (QED) is 0.572. The van der Waals surface area contributed by atoms with Crippen LogP contribution in [-0.2, 0) is 14.2 Å². The molecule has 1 heterocycles. The Bertz CT molecular complexity index is 445. The Labute approximate surface area is 102 Å². The Morgan fingerprint density at radius 1 is 1.22 bits per heavy atom. The van der Waals surface area contributed by atoms with Gasteiger partial charge in [-0.15, -0.1) is 0 Å². The highest BCUT2D eigenvalue weighted by atomic mass is 16.6. The number of carbonyl (C=O) groups is 3. The van der Waals surface area contributed by atoms with Gasteiger partial charge in [-0.3, -0.25) is 0 Å². The summed E-state index contributed by atoms with van der Waals surface area (Å²) in [5.74, 6) is -1.65. The molecular weight excluding hydrogens is 244 g/mol. The topological polar surface area (TPSA) is 96.7 Å². The zero-order chi connectivity index (χ0) is 13.7. The van der Waals surface area contributed by atoms with E-state index in [4.69, 9.17) is 0 Å². The van der Waals surface area contributed by atoms with E-state index < -0.39 is 18.0 Å². The van der Waals surface area contributed by atoms with E-state index in [1.165, 1.54) is 0 Å². The van der Waals surface area contributed by atoms with Gasteiger partial charge in [0.2, 0.25) is 0 Å². The smallest absolute Gasteiger partial charge is 0.434 e. The normalized spacial score (nSPS) is 9.72. The van der Waals surface area contributed by atoms with E-state index in [0.29, 0.717) is 0 Å². The Morgan fingerprint density at radius 2 is 1.83 bits per heavy atom. The predicted molar refractivity (Wildman–Crippen MR) is 57.3 cm³/mol. The maximum atomic E-state index is 11.4. The highest BCUT2D eigenvalue weighted by molar-refractivity contribution is 6.02. The van der Waals surface area contributed by atoms with Crippen LogP contribution in [0.15, 0.2) is 6.20 Å². The lowest BCUT2D eigenvalue weighted by Gasteiger charge is -1.99. The molecule has 0 amide bonds. The SMILES string of the molecule is CCOC(=O)n1cc(C(=O)OC)c(C(=O)OC)n1. The summed E-state index contributed by atoms with van der Waals surface area (Å²) in [5, 5.41) is 3.64. The van der Waals surface area contributed by atoms with Crippen LogP contribution >= 0.6 is 0 Å². The number of aromatic nitrogens is 2. The van der Waals surface area contributed by atoms with Crippen LogP contribution in [0.5, 0.6) is 0 Å². The van der Waals surface area contributed by atoms with Gasteiger partial charge in [0.1, 0.15) is 5.56 Å². The highest BCUT2D eigenvalue weighted by Crippen LogP contribution is 2.10. The molecule has 0 saturated carbocycles. The highest BCUT2D eigenvalue weighted by Gasteiger charge is 2.25. The van der Waals surface area contributed by atoms with Gasteiger partial charge in [-0.25, -0.2) is 14.4 Å². The standard InChI is InChI=1S/C10H12N2O6/c1-4-18-10(15)12-5-6(8(13)16-2)7(11-12)9(14)17-3/h5H,4H2,1-3H3. The molecule has 0 aliphatic rings. The van der Waals surface area contributed by atoms with E-state index in [1.807, 2.05) is 0 Å². The number of rotatable bonds is 3. The molecule has 0 unspecified atom stereocenters. The number of ether oxygens (including phenoxy) is 3. The van der Waals surface area contributed by atoms with Crippen LogP contribution in [0.2, 0.25) is 0 Å². The first kappa shape index (κ1) is 13.7. The lowest BCUT2D eigenvalue weighted by molar-refractivity contribution is 0.0551. The third-order valence-corrected chi connectivity index (χ3v) is 1.95. The zero-order valence-corrected chi connectivity index (χ0v) is 10.1. The largest absolute Gasteiger partial charge is 0.465 e. The van der Waals surface area contributed by atoms with Crippen molar-refractivity contribution in [3.05, 3.63) is 17.5 Å². The van der Waals surface area contributed by atoms with Gasteiger partial charge < -0.3 is 14.2 Å². The van der Waals surface area contributed by atoms with E-state index in [9.17, 15) is 14.4 Å². The maximum absolute atomic E-state index is 11.4. The molecule has 18 heavy (non-hydrogen) atoms. The number of methoxy groups -OCH3 is 2. The minimum absolute atomic E-state index is 0.139. The third-order valence-electron chi connectivity index (χ3n) is 1.95. The fraction of sp³-hybridized carbons (Fsp3) is 0.400. The summed E-state index contributed by atoms with van der Waals surface area (Å²) in [6.45, 7) is 1.75. The van der Waals surface area contributed by atoms with E-state index in [1.54, 1.807) is 6.92 Å². The van der Waals surface area contributed by atoms with Gasteiger partial charge >= 0.3 is 18.0 Å². The molecule has 8 nitrogen and oxygen atoms in total. The van der Waals surface area contributed by atoms with Gasteiger partial charge in [0.25, 0.3) is 0 Å². The van der Waals surface area contributed by atoms with Crippen molar-refractivity contribution < 1.29 is 28.6 Å². The summed E-state index contributed by atoms with van der Waals surface area (Å²) in [6, 6.07) is 0. The maximum Gasteiger partial charge on any atom is 0.434 e. The first-order chi connectivity index (χ1) is 8.54. The molecule has 0 spiro atoms. The van der Waals surface area contributed by atoms with E-state index in [0.717, 1.165) is 25.1 Å². The van der Waals surface area contributed by atoms with Crippen LogP contribution < -0.4 is 0 Å². The van der Waals surface area contributed by atoms with Crippen molar-refractivity contribution in [2.45, 2.75) is 6.92 Å². The van der Waals surface area contributed by atoms with E-state index >= 15 is 0 Å². The second-order valence-corrected chi connectivity index (χ2v) is 3.02. The number of esters is 2. The molecule has 1 aromatic rings. The zero-order valence-electron chi connectivity index (χ0n) is 10.1. The summed E-state index contributed by atoms with van der Waals surface area (Å²) < 4.78 is 14.3. The Morgan fingerprint density at radius 3 is 2.33 bits per heavy atom. The van der Waals surface area contributed by atoms with Crippen molar-refractivity contribution in [2.75, 3.05) is 20.8 Å². The molecule has 0 fully saturated rings. The second-order valence-electron chi connectivity index (χ2n) is 3.02. The fourth-order valence-electron chi connectivity index (χ4n) is 1.16. The molecule has 0 aliphatic heterocycles. The number of carbonyl (C=O) groups excluding carboxylic acids is 3. The molecule has 0 aromatic carbocycles. The molecule has 1 rings (SSSR count). The van der Waals surface area contributed by atoms with Crippen molar-refractivity contribution in [1.29, 1.82) is 0 Å². The molecule has 0 radical (unpaired) electrons. The minimum Gasteiger partial charge on any atom is -0.465 e. The molecule has 0 N–H and O–H groups in total. The van der Waals surface area contributed by atoms with Crippen LogP contribution in [0.4, 0.5) is 4.79 Å². The summed E-state index contributed by atoms with van der Waals surface area (Å²) >= 11 is 0. The molecule has 0 aliphatic carbocycles.